The van der Waals surface area contributed by atoms with E-state index < -0.39 is 5.82 Å². The molecular formula is C15H10Cl2F2. The minimum Gasteiger partial charge on any atom is -0.206 e. The predicted molar refractivity (Wildman–Crippen MR) is 76.4 cm³/mol. The van der Waals surface area contributed by atoms with Crippen LogP contribution in [0.2, 0.25) is 5.02 Å². The van der Waals surface area contributed by atoms with Crippen molar-refractivity contribution in [1.29, 1.82) is 0 Å². The topological polar surface area (TPSA) is 0 Å². The maximum Gasteiger partial charge on any atom is 0.132 e. The Balaban J connectivity index is 2.48. The van der Waals surface area contributed by atoms with Gasteiger partial charge in [-0.2, -0.15) is 0 Å². The Kier molecular flexibility index (Phi) is 4.56. The molecule has 0 amide bonds. The lowest BCUT2D eigenvalue weighted by atomic mass is 10.0. The molecular weight excluding hydrogens is 289 g/mol. The molecule has 0 aliphatic carbocycles. The van der Waals surface area contributed by atoms with Crippen molar-refractivity contribution in [2.75, 3.05) is 5.88 Å². The molecule has 0 fully saturated rings. The van der Waals surface area contributed by atoms with Crippen LogP contribution >= 0.6 is 23.2 Å². The van der Waals surface area contributed by atoms with Gasteiger partial charge in [0.2, 0.25) is 0 Å². The zero-order valence-corrected chi connectivity index (χ0v) is 11.3. The molecule has 2 aromatic rings. The van der Waals surface area contributed by atoms with Crippen molar-refractivity contribution in [2.45, 2.75) is 0 Å². The van der Waals surface area contributed by atoms with Gasteiger partial charge < -0.3 is 0 Å². The van der Waals surface area contributed by atoms with E-state index in [0.717, 1.165) is 0 Å². The van der Waals surface area contributed by atoms with Crippen LogP contribution < -0.4 is 0 Å². The van der Waals surface area contributed by atoms with Gasteiger partial charge in [-0.25, -0.2) is 8.78 Å². The molecule has 0 saturated heterocycles. The van der Waals surface area contributed by atoms with Crippen LogP contribution in [-0.4, -0.2) is 5.88 Å². The van der Waals surface area contributed by atoms with Crippen LogP contribution in [0.25, 0.3) is 11.6 Å². The first-order chi connectivity index (χ1) is 9.11. The van der Waals surface area contributed by atoms with E-state index in [0.29, 0.717) is 21.7 Å². The molecule has 98 valence electrons. The lowest BCUT2D eigenvalue weighted by Gasteiger charge is -2.07. The minimum atomic E-state index is -0.476. The highest BCUT2D eigenvalue weighted by molar-refractivity contribution is 6.30. The molecule has 0 atom stereocenters. The van der Waals surface area contributed by atoms with E-state index >= 15 is 0 Å². The smallest absolute Gasteiger partial charge is 0.132 e. The maximum absolute atomic E-state index is 13.8. The molecule has 0 aliphatic heterocycles. The highest BCUT2D eigenvalue weighted by Crippen LogP contribution is 2.25. The van der Waals surface area contributed by atoms with Gasteiger partial charge in [0.1, 0.15) is 11.6 Å². The third-order valence-corrected chi connectivity index (χ3v) is 3.18. The van der Waals surface area contributed by atoms with Crippen LogP contribution in [0.5, 0.6) is 0 Å². The second-order valence-corrected chi connectivity index (χ2v) is 4.65. The molecule has 0 N–H and O–H groups in total. The third-order valence-electron chi connectivity index (χ3n) is 2.66. The van der Waals surface area contributed by atoms with Gasteiger partial charge in [-0.05, 0) is 29.8 Å². The highest BCUT2D eigenvalue weighted by Gasteiger charge is 2.09. The standard InChI is InChI=1S/C15H10Cl2F2/c16-9-11(7-10-3-1-2-4-14(10)18)13-6-5-12(17)8-15(13)19/h1-8H,9H2/b11-7+. The summed E-state index contributed by atoms with van der Waals surface area (Å²) in [5.41, 5.74) is 1.19. The molecule has 0 aliphatic rings. The van der Waals surface area contributed by atoms with Crippen molar-refractivity contribution in [3.63, 3.8) is 0 Å². The van der Waals surface area contributed by atoms with Gasteiger partial charge in [0.05, 0.1) is 0 Å². The molecule has 4 heteroatoms. The fraction of sp³-hybridized carbons (Fsp3) is 0.0667. The molecule has 0 saturated carbocycles. The SMILES string of the molecule is Fc1ccccc1/C=C(\CCl)c1ccc(Cl)cc1F. The lowest BCUT2D eigenvalue weighted by Crippen LogP contribution is -1.92. The van der Waals surface area contributed by atoms with Crippen LogP contribution in [0.15, 0.2) is 42.5 Å². The molecule has 0 heterocycles. The first kappa shape index (κ1) is 14.0. The first-order valence-electron chi connectivity index (χ1n) is 5.58. The van der Waals surface area contributed by atoms with Gasteiger partial charge in [0, 0.05) is 22.0 Å². The summed E-state index contributed by atoms with van der Waals surface area (Å²) in [6.45, 7) is 0. The summed E-state index contributed by atoms with van der Waals surface area (Å²) in [6, 6.07) is 10.6. The van der Waals surface area contributed by atoms with Crippen LogP contribution in [0.1, 0.15) is 11.1 Å². The summed E-state index contributed by atoms with van der Waals surface area (Å²) in [5.74, 6) is -0.775. The summed E-state index contributed by atoms with van der Waals surface area (Å²) in [6.07, 6.45) is 1.54. The van der Waals surface area contributed by atoms with E-state index in [1.165, 1.54) is 24.3 Å². The van der Waals surface area contributed by atoms with Gasteiger partial charge in [-0.3, -0.25) is 0 Å². The lowest BCUT2D eigenvalue weighted by molar-refractivity contribution is 0.623. The molecule has 2 aromatic carbocycles. The number of alkyl halides is 1. The number of allylic oxidation sites excluding steroid dienone is 1. The summed E-state index contributed by atoms with van der Waals surface area (Å²) < 4.78 is 27.4. The van der Waals surface area contributed by atoms with Crippen LogP contribution in [-0.2, 0) is 0 Å². The Morgan fingerprint density at radius 1 is 1.05 bits per heavy atom. The second kappa shape index (κ2) is 6.18. The Morgan fingerprint density at radius 3 is 2.42 bits per heavy atom. The summed E-state index contributed by atoms with van der Waals surface area (Å²) >= 11 is 11.5. The number of halogens is 4. The zero-order chi connectivity index (χ0) is 13.8. The van der Waals surface area contributed by atoms with E-state index in [1.54, 1.807) is 24.3 Å². The predicted octanol–water partition coefficient (Wildman–Crippen LogP) is 5.40. The van der Waals surface area contributed by atoms with Crippen molar-refractivity contribution in [3.8, 4) is 0 Å². The van der Waals surface area contributed by atoms with Crippen molar-refractivity contribution >= 4 is 34.9 Å². The van der Waals surface area contributed by atoms with Crippen LogP contribution in [0.3, 0.4) is 0 Å². The fourth-order valence-electron chi connectivity index (χ4n) is 1.72. The number of benzene rings is 2. The van der Waals surface area contributed by atoms with Gasteiger partial charge in [-0.15, -0.1) is 11.6 Å². The van der Waals surface area contributed by atoms with Crippen molar-refractivity contribution in [2.24, 2.45) is 0 Å². The average Bonchev–Trinajstić information content (AvgIpc) is 2.39. The van der Waals surface area contributed by atoms with Gasteiger partial charge in [0.15, 0.2) is 0 Å². The fourth-order valence-corrected chi connectivity index (χ4v) is 2.10. The molecule has 0 spiro atoms. The Labute approximate surface area is 120 Å². The molecule has 0 aromatic heterocycles. The normalized spacial score (nSPS) is 11.7. The monoisotopic (exact) mass is 298 g/mol. The summed E-state index contributed by atoms with van der Waals surface area (Å²) in [4.78, 5) is 0. The third kappa shape index (κ3) is 3.34. The van der Waals surface area contributed by atoms with Gasteiger partial charge in [0.25, 0.3) is 0 Å². The molecule has 0 bridgehead atoms. The Morgan fingerprint density at radius 2 is 1.79 bits per heavy atom. The minimum absolute atomic E-state index is 0.0763. The summed E-state index contributed by atoms with van der Waals surface area (Å²) in [5, 5.41) is 0.307. The molecule has 0 radical (unpaired) electrons. The van der Waals surface area contributed by atoms with E-state index in [2.05, 4.69) is 0 Å². The van der Waals surface area contributed by atoms with Crippen LogP contribution in [0, 0.1) is 11.6 Å². The highest BCUT2D eigenvalue weighted by atomic mass is 35.5. The number of hydrogen-bond donors (Lipinski definition) is 0. The van der Waals surface area contributed by atoms with Crippen molar-refractivity contribution in [3.05, 3.63) is 70.2 Å². The largest absolute Gasteiger partial charge is 0.206 e. The Bertz CT molecular complexity index is 621. The van der Waals surface area contributed by atoms with Gasteiger partial charge >= 0.3 is 0 Å². The molecule has 0 nitrogen and oxygen atoms in total. The molecule has 0 unspecified atom stereocenters. The van der Waals surface area contributed by atoms with Crippen molar-refractivity contribution in [1.82, 2.24) is 0 Å². The van der Waals surface area contributed by atoms with E-state index in [1.807, 2.05) is 0 Å². The van der Waals surface area contributed by atoms with E-state index in [-0.39, 0.29) is 11.7 Å². The average molecular weight is 299 g/mol. The van der Waals surface area contributed by atoms with E-state index in [4.69, 9.17) is 23.2 Å². The number of rotatable bonds is 3. The quantitative estimate of drug-likeness (QED) is 0.526. The second-order valence-electron chi connectivity index (χ2n) is 3.95. The molecule has 2 rings (SSSR count). The number of hydrogen-bond acceptors (Lipinski definition) is 0. The van der Waals surface area contributed by atoms with Crippen molar-refractivity contribution < 1.29 is 8.78 Å². The van der Waals surface area contributed by atoms with E-state index in [9.17, 15) is 8.78 Å². The Hall–Kier alpha value is -1.38. The van der Waals surface area contributed by atoms with Crippen LogP contribution in [0.4, 0.5) is 8.78 Å². The maximum atomic E-state index is 13.8. The first-order valence-corrected chi connectivity index (χ1v) is 6.49. The molecule has 19 heavy (non-hydrogen) atoms. The zero-order valence-electron chi connectivity index (χ0n) is 9.84. The summed E-state index contributed by atoms with van der Waals surface area (Å²) in [7, 11) is 0. The van der Waals surface area contributed by atoms with Gasteiger partial charge in [-0.1, -0.05) is 35.9 Å².